The van der Waals surface area contributed by atoms with Crippen molar-refractivity contribution in [3.8, 4) is 0 Å². The Hall–Kier alpha value is -1.61. The number of nitrogens with one attached hydrogen (secondary N) is 1. The smallest absolute Gasteiger partial charge is 0.0489 e. The summed E-state index contributed by atoms with van der Waals surface area (Å²) in [5.41, 5.74) is 2.98. The first-order chi connectivity index (χ1) is 9.83. The summed E-state index contributed by atoms with van der Waals surface area (Å²) in [6.07, 6.45) is 7.58. The minimum absolute atomic E-state index is 0.706. The first kappa shape index (κ1) is 13.4. The maximum absolute atomic E-state index is 4.22. The van der Waals surface area contributed by atoms with Gasteiger partial charge in [-0.1, -0.05) is 24.3 Å². The second-order valence-corrected chi connectivity index (χ2v) is 5.80. The van der Waals surface area contributed by atoms with Gasteiger partial charge >= 0.3 is 0 Å². The highest BCUT2D eigenvalue weighted by molar-refractivity contribution is 5.31. The molecule has 1 aromatic heterocycles. The number of aryl methyl sites for hydroxylation is 2. The first-order valence-corrected chi connectivity index (χ1v) is 7.59. The van der Waals surface area contributed by atoms with Crippen molar-refractivity contribution >= 4 is 0 Å². The number of hydrogen-bond acceptors (Lipinski definition) is 2. The lowest BCUT2D eigenvalue weighted by Gasteiger charge is -2.37. The van der Waals surface area contributed by atoms with Crippen molar-refractivity contribution < 1.29 is 0 Å². The van der Waals surface area contributed by atoms with E-state index in [0.29, 0.717) is 6.04 Å². The molecule has 3 rings (SSSR count). The molecule has 1 N–H and O–H groups in total. The van der Waals surface area contributed by atoms with E-state index in [-0.39, 0.29) is 0 Å². The van der Waals surface area contributed by atoms with E-state index in [1.807, 2.05) is 23.1 Å². The normalized spacial score (nSPS) is 21.6. The fraction of sp³-hybridized carbons (Fsp3) is 0.471. The van der Waals surface area contributed by atoms with Crippen LogP contribution in [0.4, 0.5) is 0 Å². The third kappa shape index (κ3) is 3.10. The van der Waals surface area contributed by atoms with E-state index >= 15 is 0 Å². The first-order valence-electron chi connectivity index (χ1n) is 7.59. The third-order valence-electron chi connectivity index (χ3n) is 4.32. The predicted molar refractivity (Wildman–Crippen MR) is 81.8 cm³/mol. The Labute approximate surface area is 121 Å². The fourth-order valence-electron chi connectivity index (χ4n) is 3.06. The lowest BCUT2D eigenvalue weighted by atomic mass is 9.74. The van der Waals surface area contributed by atoms with Gasteiger partial charge in [0.25, 0.3) is 0 Å². The van der Waals surface area contributed by atoms with Crippen LogP contribution in [0.25, 0.3) is 0 Å². The van der Waals surface area contributed by atoms with Gasteiger partial charge in [-0.15, -0.1) is 0 Å². The molecular formula is C17H23N3. The number of rotatable bonds is 6. The van der Waals surface area contributed by atoms with E-state index in [4.69, 9.17) is 0 Å². The quantitative estimate of drug-likeness (QED) is 0.817. The average molecular weight is 269 g/mol. The van der Waals surface area contributed by atoms with Crippen molar-refractivity contribution in [1.29, 1.82) is 0 Å². The van der Waals surface area contributed by atoms with Crippen LogP contribution in [0.2, 0.25) is 0 Å². The molecule has 1 saturated carbocycles. The van der Waals surface area contributed by atoms with Gasteiger partial charge in [0.2, 0.25) is 0 Å². The summed E-state index contributed by atoms with van der Waals surface area (Å²) in [4.78, 5) is 0. The van der Waals surface area contributed by atoms with Crippen LogP contribution in [0.3, 0.4) is 0 Å². The largest absolute Gasteiger partial charge is 0.314 e. The zero-order chi connectivity index (χ0) is 13.8. The average Bonchev–Trinajstić information content (AvgIpc) is 2.91. The molecule has 1 heterocycles. The van der Waals surface area contributed by atoms with Crippen LogP contribution in [0, 0.1) is 6.92 Å². The molecular weight excluding hydrogens is 246 g/mol. The molecule has 0 bridgehead atoms. The van der Waals surface area contributed by atoms with Gasteiger partial charge in [-0.2, -0.15) is 5.10 Å². The molecule has 1 fully saturated rings. The molecule has 1 aromatic carbocycles. The molecule has 0 atom stereocenters. The van der Waals surface area contributed by atoms with Crippen LogP contribution < -0.4 is 5.32 Å². The van der Waals surface area contributed by atoms with Gasteiger partial charge in [0.05, 0.1) is 0 Å². The van der Waals surface area contributed by atoms with E-state index in [1.165, 1.54) is 18.4 Å². The standard InChI is InChI=1S/C17H23N3/c1-14-6-2-3-7-17(14)15-12-16(13-15)18-8-4-10-20-11-5-9-19-20/h2-3,5-7,9,11,15-16,18H,4,8,10,12-13H2,1H3. The van der Waals surface area contributed by atoms with Crippen molar-refractivity contribution in [3.63, 3.8) is 0 Å². The molecule has 0 radical (unpaired) electrons. The second kappa shape index (κ2) is 6.23. The molecule has 3 heteroatoms. The SMILES string of the molecule is Cc1ccccc1C1CC(NCCCn2cccn2)C1. The maximum atomic E-state index is 4.22. The zero-order valence-corrected chi connectivity index (χ0v) is 12.1. The minimum atomic E-state index is 0.706. The maximum Gasteiger partial charge on any atom is 0.0489 e. The van der Waals surface area contributed by atoms with Crippen molar-refractivity contribution in [1.82, 2.24) is 15.1 Å². The molecule has 20 heavy (non-hydrogen) atoms. The Morgan fingerprint density at radius 2 is 2.10 bits per heavy atom. The molecule has 0 spiro atoms. The van der Waals surface area contributed by atoms with Gasteiger partial charge in [-0.05, 0) is 55.8 Å². The molecule has 0 saturated heterocycles. The molecule has 0 aliphatic heterocycles. The Morgan fingerprint density at radius 3 is 2.85 bits per heavy atom. The van der Waals surface area contributed by atoms with Crippen LogP contribution in [-0.2, 0) is 6.54 Å². The lowest BCUT2D eigenvalue weighted by Crippen LogP contribution is -2.40. The molecule has 0 unspecified atom stereocenters. The zero-order valence-electron chi connectivity index (χ0n) is 12.1. The van der Waals surface area contributed by atoms with E-state index in [0.717, 1.165) is 25.4 Å². The van der Waals surface area contributed by atoms with E-state index in [9.17, 15) is 0 Å². The number of hydrogen-bond donors (Lipinski definition) is 1. The van der Waals surface area contributed by atoms with Crippen LogP contribution in [0.1, 0.15) is 36.3 Å². The number of nitrogens with zero attached hydrogens (tertiary/aromatic N) is 2. The third-order valence-corrected chi connectivity index (χ3v) is 4.32. The van der Waals surface area contributed by atoms with Gasteiger partial charge in [-0.3, -0.25) is 4.68 Å². The van der Waals surface area contributed by atoms with E-state index in [2.05, 4.69) is 41.6 Å². The van der Waals surface area contributed by atoms with Gasteiger partial charge in [-0.25, -0.2) is 0 Å². The van der Waals surface area contributed by atoms with Crippen LogP contribution in [-0.4, -0.2) is 22.4 Å². The van der Waals surface area contributed by atoms with Crippen LogP contribution >= 0.6 is 0 Å². The monoisotopic (exact) mass is 269 g/mol. The summed E-state index contributed by atoms with van der Waals surface area (Å²) < 4.78 is 2.00. The molecule has 106 valence electrons. The highest BCUT2D eigenvalue weighted by Gasteiger charge is 2.30. The Kier molecular flexibility index (Phi) is 4.16. The van der Waals surface area contributed by atoms with Crippen LogP contribution in [0.15, 0.2) is 42.7 Å². The number of benzene rings is 1. The van der Waals surface area contributed by atoms with Gasteiger partial charge in [0, 0.05) is 25.0 Å². The summed E-state index contributed by atoms with van der Waals surface area (Å²) in [6.45, 7) is 4.32. The van der Waals surface area contributed by atoms with Gasteiger partial charge in [0.1, 0.15) is 0 Å². The molecule has 2 aromatic rings. The topological polar surface area (TPSA) is 29.9 Å². The van der Waals surface area contributed by atoms with Crippen LogP contribution in [0.5, 0.6) is 0 Å². The summed E-state index contributed by atoms with van der Waals surface area (Å²) in [5.74, 6) is 0.764. The van der Waals surface area contributed by atoms with Crippen molar-refractivity contribution in [3.05, 3.63) is 53.9 Å². The van der Waals surface area contributed by atoms with E-state index < -0.39 is 0 Å². The summed E-state index contributed by atoms with van der Waals surface area (Å²) in [6, 6.07) is 11.5. The molecule has 3 nitrogen and oxygen atoms in total. The summed E-state index contributed by atoms with van der Waals surface area (Å²) >= 11 is 0. The molecule has 1 aliphatic rings. The van der Waals surface area contributed by atoms with Gasteiger partial charge in [0.15, 0.2) is 0 Å². The second-order valence-electron chi connectivity index (χ2n) is 5.80. The van der Waals surface area contributed by atoms with Crippen molar-refractivity contribution in [2.24, 2.45) is 0 Å². The lowest BCUT2D eigenvalue weighted by molar-refractivity contribution is 0.287. The Morgan fingerprint density at radius 1 is 1.25 bits per heavy atom. The highest BCUT2D eigenvalue weighted by Crippen LogP contribution is 2.38. The summed E-state index contributed by atoms with van der Waals surface area (Å²) in [5, 5.41) is 7.88. The van der Waals surface area contributed by atoms with Gasteiger partial charge < -0.3 is 5.32 Å². The molecule has 0 amide bonds. The fourth-order valence-corrected chi connectivity index (χ4v) is 3.06. The van der Waals surface area contributed by atoms with E-state index in [1.54, 1.807) is 5.56 Å². The van der Waals surface area contributed by atoms with Crippen molar-refractivity contribution in [2.45, 2.75) is 44.7 Å². The minimum Gasteiger partial charge on any atom is -0.314 e. The Balaban J connectivity index is 1.35. The Bertz CT molecular complexity index is 527. The molecule has 1 aliphatic carbocycles. The predicted octanol–water partition coefficient (Wildman–Crippen LogP) is 3.12. The summed E-state index contributed by atoms with van der Waals surface area (Å²) in [7, 11) is 0. The van der Waals surface area contributed by atoms with Crippen molar-refractivity contribution in [2.75, 3.05) is 6.54 Å². The number of aromatic nitrogens is 2. The highest BCUT2D eigenvalue weighted by atomic mass is 15.3.